The van der Waals surface area contributed by atoms with Gasteiger partial charge < -0.3 is 20.6 Å². The summed E-state index contributed by atoms with van der Waals surface area (Å²) in [6, 6.07) is 18.0. The average molecular weight is 475 g/mol. The molecule has 8 nitrogen and oxygen atoms in total. The Morgan fingerprint density at radius 3 is 2.29 bits per heavy atom. The monoisotopic (exact) mass is 474 g/mol. The minimum absolute atomic E-state index is 0.00746. The van der Waals surface area contributed by atoms with Gasteiger partial charge in [-0.2, -0.15) is 5.26 Å². The quantitative estimate of drug-likeness (QED) is 0.585. The molecule has 0 aromatic heterocycles. The maximum atomic E-state index is 13.6. The first-order chi connectivity index (χ1) is 17.0. The molecule has 1 aliphatic heterocycles. The molecule has 35 heavy (non-hydrogen) atoms. The molecular weight excluding hydrogens is 444 g/mol. The van der Waals surface area contributed by atoms with Crippen molar-refractivity contribution < 1.29 is 19.5 Å². The molecule has 1 saturated heterocycles. The predicted molar refractivity (Wildman–Crippen MR) is 131 cm³/mol. The Hall–Kier alpha value is -3.86. The second-order valence-electron chi connectivity index (χ2n) is 9.36. The smallest absolute Gasteiger partial charge is 0.404 e. The summed E-state index contributed by atoms with van der Waals surface area (Å²) in [5, 5.41) is 23.3. The number of nitrogens with zero attached hydrogens (tertiary/aromatic N) is 2. The average Bonchev–Trinajstić information content (AvgIpc) is 3.34. The number of nitriles is 1. The minimum Gasteiger partial charge on any atom is -0.465 e. The Labute approximate surface area is 204 Å². The predicted octanol–water partition coefficient (Wildman–Crippen LogP) is 3.96. The number of anilines is 1. The highest BCUT2D eigenvalue weighted by molar-refractivity contribution is 5.98. The molecule has 1 saturated carbocycles. The van der Waals surface area contributed by atoms with Crippen molar-refractivity contribution in [2.45, 2.75) is 44.1 Å². The van der Waals surface area contributed by atoms with Crippen LogP contribution in [0.5, 0.6) is 0 Å². The summed E-state index contributed by atoms with van der Waals surface area (Å²) in [4.78, 5) is 39.6. The van der Waals surface area contributed by atoms with Gasteiger partial charge in [-0.1, -0.05) is 30.3 Å². The van der Waals surface area contributed by atoms with E-state index in [1.165, 1.54) is 0 Å². The molecule has 0 spiro atoms. The molecule has 8 heteroatoms. The van der Waals surface area contributed by atoms with Gasteiger partial charge in [0.2, 0.25) is 11.8 Å². The summed E-state index contributed by atoms with van der Waals surface area (Å²) in [7, 11) is 0. The van der Waals surface area contributed by atoms with E-state index in [-0.39, 0.29) is 29.6 Å². The van der Waals surface area contributed by atoms with Gasteiger partial charge in [0.15, 0.2) is 0 Å². The normalized spacial score (nSPS) is 23.8. The van der Waals surface area contributed by atoms with Gasteiger partial charge >= 0.3 is 6.09 Å². The first-order valence-electron chi connectivity index (χ1n) is 12.1. The Morgan fingerprint density at radius 1 is 0.971 bits per heavy atom. The van der Waals surface area contributed by atoms with Crippen molar-refractivity contribution >= 4 is 23.6 Å². The lowest BCUT2D eigenvalue weighted by atomic mass is 9.81. The zero-order chi connectivity index (χ0) is 24.8. The van der Waals surface area contributed by atoms with Crippen molar-refractivity contribution in [3.8, 4) is 6.07 Å². The van der Waals surface area contributed by atoms with Crippen LogP contribution in [0.4, 0.5) is 10.5 Å². The summed E-state index contributed by atoms with van der Waals surface area (Å²) in [6.07, 6.45) is 2.65. The molecule has 3 amide bonds. The number of nitrogens with one attached hydrogen (secondary N) is 2. The number of carbonyl (C=O) groups is 3. The second-order valence-corrected chi connectivity index (χ2v) is 9.36. The molecule has 1 heterocycles. The van der Waals surface area contributed by atoms with Crippen LogP contribution in [0.25, 0.3) is 0 Å². The van der Waals surface area contributed by atoms with E-state index in [0.717, 1.165) is 18.4 Å². The standard InChI is InChI=1S/C27H30N4O4/c28-16-18-8-12-22(13-9-18)30-25(32)24-23(20-4-2-1-3-5-20)14-15-31(24)26(33)21-10-6-19(7-11-21)17-29-27(34)35/h1-5,8-9,12-13,19,21,23-24,29H,6-7,10-11,14-15,17H2,(H,30,32)(H,34,35)/t19-,21-,23-,24-/m0/s1. The topological polar surface area (TPSA) is 123 Å². The molecule has 2 aromatic carbocycles. The molecule has 0 unspecified atom stereocenters. The van der Waals surface area contributed by atoms with E-state index in [1.54, 1.807) is 29.2 Å². The molecule has 2 aliphatic rings. The fourth-order valence-electron chi connectivity index (χ4n) is 5.34. The van der Waals surface area contributed by atoms with Gasteiger partial charge in [-0.05, 0) is 67.9 Å². The molecule has 182 valence electrons. The largest absolute Gasteiger partial charge is 0.465 e. The van der Waals surface area contributed by atoms with Gasteiger partial charge in [-0.15, -0.1) is 0 Å². The summed E-state index contributed by atoms with van der Waals surface area (Å²) in [5.74, 6) is -0.242. The van der Waals surface area contributed by atoms with Crippen LogP contribution in [0.2, 0.25) is 0 Å². The lowest BCUT2D eigenvalue weighted by molar-refractivity contribution is -0.141. The molecule has 0 radical (unpaired) electrons. The number of likely N-dealkylation sites (tertiary alicyclic amines) is 1. The highest BCUT2D eigenvalue weighted by Crippen LogP contribution is 2.38. The van der Waals surface area contributed by atoms with E-state index < -0.39 is 12.1 Å². The van der Waals surface area contributed by atoms with E-state index in [1.807, 2.05) is 30.3 Å². The van der Waals surface area contributed by atoms with Gasteiger partial charge in [0, 0.05) is 30.6 Å². The summed E-state index contributed by atoms with van der Waals surface area (Å²) >= 11 is 0. The number of benzene rings is 2. The molecule has 0 bridgehead atoms. The Balaban J connectivity index is 1.49. The molecule has 4 rings (SSSR count). The second kappa shape index (κ2) is 11.0. The number of amides is 3. The van der Waals surface area contributed by atoms with Crippen LogP contribution in [0.3, 0.4) is 0 Å². The maximum Gasteiger partial charge on any atom is 0.404 e. The molecule has 2 fully saturated rings. The van der Waals surface area contributed by atoms with E-state index in [4.69, 9.17) is 10.4 Å². The fraction of sp³-hybridized carbons (Fsp3) is 0.407. The van der Waals surface area contributed by atoms with Gasteiger partial charge in [-0.3, -0.25) is 9.59 Å². The lowest BCUT2D eigenvalue weighted by Gasteiger charge is -2.33. The Bertz CT molecular complexity index is 1090. The van der Waals surface area contributed by atoms with Crippen molar-refractivity contribution in [1.82, 2.24) is 10.2 Å². The van der Waals surface area contributed by atoms with Crippen LogP contribution in [0, 0.1) is 23.2 Å². The molecule has 2 aromatic rings. The van der Waals surface area contributed by atoms with Crippen molar-refractivity contribution in [3.63, 3.8) is 0 Å². The van der Waals surface area contributed by atoms with Crippen LogP contribution in [0.15, 0.2) is 54.6 Å². The maximum absolute atomic E-state index is 13.6. The summed E-state index contributed by atoms with van der Waals surface area (Å²) < 4.78 is 0. The number of rotatable bonds is 6. The number of carboxylic acid groups (broad SMARTS) is 1. The highest BCUT2D eigenvalue weighted by Gasteiger charge is 2.44. The van der Waals surface area contributed by atoms with E-state index in [0.29, 0.717) is 43.6 Å². The first kappa shape index (κ1) is 24.3. The molecular formula is C27H30N4O4. The fourth-order valence-corrected chi connectivity index (χ4v) is 5.34. The molecule has 3 N–H and O–H groups in total. The Kier molecular flexibility index (Phi) is 7.66. The van der Waals surface area contributed by atoms with E-state index in [2.05, 4.69) is 16.7 Å². The van der Waals surface area contributed by atoms with Gasteiger partial charge in [0.25, 0.3) is 0 Å². The van der Waals surface area contributed by atoms with Gasteiger partial charge in [0.1, 0.15) is 6.04 Å². The third-order valence-electron chi connectivity index (χ3n) is 7.20. The Morgan fingerprint density at radius 2 is 1.66 bits per heavy atom. The van der Waals surface area contributed by atoms with E-state index in [9.17, 15) is 14.4 Å². The van der Waals surface area contributed by atoms with Crippen LogP contribution in [-0.4, -0.2) is 47.0 Å². The zero-order valence-corrected chi connectivity index (χ0v) is 19.5. The number of carbonyl (C=O) groups excluding carboxylic acids is 2. The van der Waals surface area contributed by atoms with Crippen LogP contribution in [-0.2, 0) is 9.59 Å². The van der Waals surface area contributed by atoms with Crippen molar-refractivity contribution in [1.29, 1.82) is 5.26 Å². The summed E-state index contributed by atoms with van der Waals surface area (Å²) in [5.41, 5.74) is 2.13. The van der Waals surface area contributed by atoms with Crippen molar-refractivity contribution in [2.24, 2.45) is 11.8 Å². The van der Waals surface area contributed by atoms with E-state index >= 15 is 0 Å². The van der Waals surface area contributed by atoms with Crippen LogP contribution in [0.1, 0.15) is 49.1 Å². The van der Waals surface area contributed by atoms with Crippen molar-refractivity contribution in [2.75, 3.05) is 18.4 Å². The molecule has 2 atom stereocenters. The van der Waals surface area contributed by atoms with Crippen LogP contribution < -0.4 is 10.6 Å². The molecule has 1 aliphatic carbocycles. The third kappa shape index (κ3) is 5.80. The highest BCUT2D eigenvalue weighted by atomic mass is 16.4. The zero-order valence-electron chi connectivity index (χ0n) is 19.5. The van der Waals surface area contributed by atoms with Gasteiger partial charge in [-0.25, -0.2) is 4.79 Å². The lowest BCUT2D eigenvalue weighted by Crippen LogP contribution is -2.48. The van der Waals surface area contributed by atoms with Gasteiger partial charge in [0.05, 0.1) is 11.6 Å². The first-order valence-corrected chi connectivity index (χ1v) is 12.1. The number of hydrogen-bond donors (Lipinski definition) is 3. The third-order valence-corrected chi connectivity index (χ3v) is 7.20. The van der Waals surface area contributed by atoms with Crippen LogP contribution >= 0.6 is 0 Å². The SMILES string of the molecule is N#Cc1ccc(NC(=O)[C@@H]2[C@H](c3ccccc3)CCN2C(=O)[C@H]2CC[C@H](CNC(=O)O)CC2)cc1. The minimum atomic E-state index is -1.02. The van der Waals surface area contributed by atoms with Crippen molar-refractivity contribution in [3.05, 3.63) is 65.7 Å². The number of hydrogen-bond acceptors (Lipinski definition) is 4. The summed E-state index contributed by atoms with van der Waals surface area (Å²) in [6.45, 7) is 0.927.